The summed E-state index contributed by atoms with van der Waals surface area (Å²) in [4.78, 5) is 32.9. The number of hydrogen-bond acceptors (Lipinski definition) is 7. The van der Waals surface area contributed by atoms with Crippen molar-refractivity contribution in [3.8, 4) is 11.5 Å². The number of amides is 1. The number of thiazole rings is 1. The highest BCUT2D eigenvalue weighted by Gasteiger charge is 2.48. The van der Waals surface area contributed by atoms with E-state index in [1.54, 1.807) is 36.4 Å². The smallest absolute Gasteiger partial charge is 0.301 e. The van der Waals surface area contributed by atoms with Gasteiger partial charge in [-0.05, 0) is 62.7 Å². The highest BCUT2D eigenvalue weighted by molar-refractivity contribution is 7.16. The Bertz CT molecular complexity index is 1190. The number of nitrogens with zero attached hydrogens (tertiary/aromatic N) is 2. The van der Waals surface area contributed by atoms with Crippen molar-refractivity contribution in [2.45, 2.75) is 26.8 Å². The van der Waals surface area contributed by atoms with E-state index in [-0.39, 0.29) is 17.1 Å². The third-order valence-electron chi connectivity index (χ3n) is 5.32. The molecule has 0 aliphatic carbocycles. The number of benzene rings is 2. The summed E-state index contributed by atoms with van der Waals surface area (Å²) in [6.07, 6.45) is 0. The topological polar surface area (TPSA) is 100.0 Å². The van der Waals surface area contributed by atoms with Crippen LogP contribution in [-0.4, -0.2) is 33.5 Å². The van der Waals surface area contributed by atoms with Gasteiger partial charge in [-0.15, -0.1) is 11.3 Å². The number of rotatable bonds is 5. The maximum absolute atomic E-state index is 13.1. The maximum atomic E-state index is 13.1. The molecule has 1 fully saturated rings. The Kier molecular flexibility index (Phi) is 5.71. The minimum Gasteiger partial charge on any atom is -0.508 e. The minimum absolute atomic E-state index is 0.0321. The summed E-state index contributed by atoms with van der Waals surface area (Å²) in [7, 11) is 0. The lowest BCUT2D eigenvalue weighted by Gasteiger charge is -2.23. The highest BCUT2D eigenvalue weighted by atomic mass is 32.1. The number of phenolic OH excluding ortho intramolecular Hbond substituents is 1. The second kappa shape index (κ2) is 8.47. The summed E-state index contributed by atoms with van der Waals surface area (Å²) in [5.41, 5.74) is 1.69. The van der Waals surface area contributed by atoms with E-state index < -0.39 is 17.7 Å². The number of carbonyl (C=O) groups is 2. The zero-order valence-electron chi connectivity index (χ0n) is 17.8. The summed E-state index contributed by atoms with van der Waals surface area (Å²) in [5, 5.41) is 21.2. The number of ether oxygens (including phenoxy) is 1. The summed E-state index contributed by atoms with van der Waals surface area (Å²) in [5.74, 6) is -1.15. The Morgan fingerprint density at radius 3 is 2.31 bits per heavy atom. The molecule has 164 valence electrons. The van der Waals surface area contributed by atoms with Crippen molar-refractivity contribution in [2.75, 3.05) is 11.5 Å². The highest BCUT2D eigenvalue weighted by Crippen LogP contribution is 2.44. The normalized spacial score (nSPS) is 17.7. The fourth-order valence-corrected chi connectivity index (χ4v) is 4.53. The Morgan fingerprint density at radius 2 is 1.75 bits per heavy atom. The second-order valence-electron chi connectivity index (χ2n) is 7.36. The summed E-state index contributed by atoms with van der Waals surface area (Å²) in [6.45, 7) is 6.10. The van der Waals surface area contributed by atoms with E-state index in [0.29, 0.717) is 28.6 Å². The number of Topliss-reactive ketones (excluding diaryl/α,β-unsaturated/α-hetero) is 1. The molecule has 0 spiro atoms. The van der Waals surface area contributed by atoms with Gasteiger partial charge in [0.05, 0.1) is 23.9 Å². The zero-order valence-corrected chi connectivity index (χ0v) is 18.6. The van der Waals surface area contributed by atoms with Crippen LogP contribution in [0.3, 0.4) is 0 Å². The Morgan fingerprint density at radius 1 is 1.09 bits per heavy atom. The number of aliphatic hydroxyl groups excluding tert-OH is 1. The number of anilines is 1. The quantitative estimate of drug-likeness (QED) is 0.338. The molecular formula is C24H22N2O5S. The molecule has 7 nitrogen and oxygen atoms in total. The molecule has 0 saturated carbocycles. The van der Waals surface area contributed by atoms with Gasteiger partial charge in [-0.2, -0.15) is 0 Å². The van der Waals surface area contributed by atoms with Crippen LogP contribution < -0.4 is 9.64 Å². The molecule has 1 aliphatic rings. The molecule has 2 N–H and O–H groups in total. The molecule has 1 amide bonds. The zero-order chi connectivity index (χ0) is 23.0. The molecule has 0 bridgehead atoms. The summed E-state index contributed by atoms with van der Waals surface area (Å²) < 4.78 is 5.44. The molecule has 1 aliphatic heterocycles. The Balaban J connectivity index is 1.89. The standard InChI is InChI=1S/C24H22N2O5S/c1-4-31-18-11-7-16(8-12-18)21(28)19-20(15-5-9-17(27)10-6-15)26(23(30)22(19)29)24-25-13(2)14(3)32-24/h5-12,20,27-28H,4H2,1-3H3/b21-19-. The second-order valence-corrected chi connectivity index (χ2v) is 8.54. The first kappa shape index (κ1) is 21.6. The van der Waals surface area contributed by atoms with Gasteiger partial charge in [-0.3, -0.25) is 14.5 Å². The number of aliphatic hydroxyl groups is 1. The van der Waals surface area contributed by atoms with Crippen molar-refractivity contribution in [3.05, 3.63) is 75.8 Å². The average molecular weight is 451 g/mol. The van der Waals surface area contributed by atoms with Gasteiger partial charge in [-0.1, -0.05) is 12.1 Å². The Hall–Kier alpha value is -3.65. The van der Waals surface area contributed by atoms with Crippen LogP contribution in [0, 0.1) is 13.8 Å². The van der Waals surface area contributed by atoms with Gasteiger partial charge in [0.2, 0.25) is 0 Å². The lowest BCUT2D eigenvalue weighted by Crippen LogP contribution is -2.29. The van der Waals surface area contributed by atoms with Crippen LogP contribution in [0.2, 0.25) is 0 Å². The van der Waals surface area contributed by atoms with E-state index in [1.807, 2.05) is 20.8 Å². The number of aryl methyl sites for hydroxylation is 2. The van der Waals surface area contributed by atoms with Crippen LogP contribution >= 0.6 is 11.3 Å². The van der Waals surface area contributed by atoms with Gasteiger partial charge in [0.1, 0.15) is 17.3 Å². The molecule has 1 saturated heterocycles. The number of aromatic nitrogens is 1. The number of phenols is 1. The third kappa shape index (κ3) is 3.73. The van der Waals surface area contributed by atoms with Crippen LogP contribution in [0.1, 0.15) is 34.7 Å². The number of hydrogen-bond donors (Lipinski definition) is 2. The lowest BCUT2D eigenvalue weighted by atomic mass is 9.95. The third-order valence-corrected chi connectivity index (χ3v) is 6.39. The van der Waals surface area contributed by atoms with Crippen LogP contribution in [0.4, 0.5) is 5.13 Å². The van der Waals surface area contributed by atoms with Gasteiger partial charge in [0.25, 0.3) is 5.78 Å². The van der Waals surface area contributed by atoms with E-state index in [4.69, 9.17) is 4.74 Å². The van der Waals surface area contributed by atoms with Gasteiger partial charge in [0.15, 0.2) is 5.13 Å². The van der Waals surface area contributed by atoms with Gasteiger partial charge in [0, 0.05) is 10.4 Å². The molecule has 4 rings (SSSR count). The largest absolute Gasteiger partial charge is 0.508 e. The molecule has 2 heterocycles. The van der Waals surface area contributed by atoms with E-state index in [1.165, 1.54) is 28.4 Å². The van der Waals surface area contributed by atoms with Crippen molar-refractivity contribution >= 4 is 33.9 Å². The van der Waals surface area contributed by atoms with Gasteiger partial charge < -0.3 is 14.9 Å². The van der Waals surface area contributed by atoms with Gasteiger partial charge >= 0.3 is 5.91 Å². The summed E-state index contributed by atoms with van der Waals surface area (Å²) in [6, 6.07) is 12.0. The van der Waals surface area contributed by atoms with Crippen LogP contribution in [0.15, 0.2) is 54.1 Å². The molecule has 8 heteroatoms. The molecular weight excluding hydrogens is 428 g/mol. The number of aromatic hydroxyl groups is 1. The molecule has 32 heavy (non-hydrogen) atoms. The first-order valence-corrected chi connectivity index (χ1v) is 10.9. The van der Waals surface area contributed by atoms with E-state index in [9.17, 15) is 19.8 Å². The monoisotopic (exact) mass is 450 g/mol. The Labute approximate surface area is 189 Å². The fourth-order valence-electron chi connectivity index (χ4n) is 3.59. The number of carbonyl (C=O) groups excluding carboxylic acids is 2. The minimum atomic E-state index is -0.882. The maximum Gasteiger partial charge on any atom is 0.301 e. The van der Waals surface area contributed by atoms with Crippen molar-refractivity contribution in [1.82, 2.24) is 4.98 Å². The van der Waals surface area contributed by atoms with Crippen LogP contribution in [0.5, 0.6) is 11.5 Å². The molecule has 1 unspecified atom stereocenters. The van der Waals surface area contributed by atoms with Crippen molar-refractivity contribution in [3.63, 3.8) is 0 Å². The predicted octanol–water partition coefficient (Wildman–Crippen LogP) is 4.49. The molecule has 1 aromatic heterocycles. The van der Waals surface area contributed by atoms with Crippen molar-refractivity contribution < 1.29 is 24.5 Å². The fraction of sp³-hybridized carbons (Fsp3) is 0.208. The van der Waals surface area contributed by atoms with E-state index in [0.717, 1.165) is 10.6 Å². The summed E-state index contributed by atoms with van der Waals surface area (Å²) >= 11 is 1.31. The van der Waals surface area contributed by atoms with Gasteiger partial charge in [-0.25, -0.2) is 4.98 Å². The SMILES string of the molecule is CCOc1ccc(/C(O)=C2/C(=O)C(=O)N(c3nc(C)c(C)s3)C2c2ccc(O)cc2)cc1. The van der Waals surface area contributed by atoms with Crippen molar-refractivity contribution in [1.29, 1.82) is 0 Å². The van der Waals surface area contributed by atoms with Crippen LogP contribution in [-0.2, 0) is 9.59 Å². The predicted molar refractivity (Wildman–Crippen MR) is 122 cm³/mol. The van der Waals surface area contributed by atoms with Crippen molar-refractivity contribution in [2.24, 2.45) is 0 Å². The lowest BCUT2D eigenvalue weighted by molar-refractivity contribution is -0.132. The van der Waals surface area contributed by atoms with Crippen LogP contribution in [0.25, 0.3) is 5.76 Å². The molecule has 0 radical (unpaired) electrons. The first-order chi connectivity index (χ1) is 15.3. The average Bonchev–Trinajstić information content (AvgIpc) is 3.24. The molecule has 3 aromatic rings. The van der Waals surface area contributed by atoms with E-state index >= 15 is 0 Å². The molecule has 1 atom stereocenters. The van der Waals surface area contributed by atoms with E-state index in [2.05, 4.69) is 4.98 Å². The number of ketones is 1. The first-order valence-electron chi connectivity index (χ1n) is 10.1. The molecule has 2 aromatic carbocycles.